The summed E-state index contributed by atoms with van der Waals surface area (Å²) in [4.78, 5) is 13.1. The van der Waals surface area contributed by atoms with Crippen LogP contribution in [0.5, 0.6) is 0 Å². The summed E-state index contributed by atoms with van der Waals surface area (Å²) in [6, 6.07) is 0. The maximum Gasteiger partial charge on any atom is 0.328 e. The molecule has 3 rings (SSSR count). The molecule has 5 nitrogen and oxygen atoms in total. The van der Waals surface area contributed by atoms with Crippen molar-refractivity contribution in [3.8, 4) is 0 Å². The zero-order valence-electron chi connectivity index (χ0n) is 12.0. The minimum Gasteiger partial charge on any atom is -0.478 e. The first kappa shape index (κ1) is 13.2. The quantitative estimate of drug-likeness (QED) is 0.858. The van der Waals surface area contributed by atoms with Crippen LogP contribution in [0.15, 0.2) is 6.08 Å². The molecule has 1 N–H and O–H groups in total. The van der Waals surface area contributed by atoms with Crippen molar-refractivity contribution in [3.05, 3.63) is 17.3 Å². The number of hydrogen-bond acceptors (Lipinski definition) is 3. The van der Waals surface area contributed by atoms with Crippen molar-refractivity contribution < 1.29 is 9.90 Å². The summed E-state index contributed by atoms with van der Waals surface area (Å²) in [6.45, 7) is 4.09. The third-order valence-electron chi connectivity index (χ3n) is 4.66. The Hall–Kier alpha value is -1.78. The number of carboxylic acid groups (broad SMARTS) is 1. The monoisotopic (exact) mass is 275 g/mol. The molecule has 1 aliphatic carbocycles. The first-order chi connectivity index (χ1) is 9.56. The van der Waals surface area contributed by atoms with E-state index in [1.54, 1.807) is 6.08 Å². The first-order valence-electron chi connectivity index (χ1n) is 7.26. The Bertz CT molecular complexity index is 550. The first-order valence-corrected chi connectivity index (χ1v) is 7.26. The summed E-state index contributed by atoms with van der Waals surface area (Å²) in [7, 11) is 1.94. The van der Waals surface area contributed by atoms with E-state index in [9.17, 15) is 4.79 Å². The smallest absolute Gasteiger partial charge is 0.328 e. The highest BCUT2D eigenvalue weighted by atomic mass is 16.4. The van der Waals surface area contributed by atoms with Gasteiger partial charge in [0.15, 0.2) is 0 Å². The van der Waals surface area contributed by atoms with Gasteiger partial charge in [0.2, 0.25) is 0 Å². The number of fused-ring (bicyclic) bond motifs is 1. The molecular weight excluding hydrogens is 254 g/mol. The van der Waals surface area contributed by atoms with Gasteiger partial charge in [-0.1, -0.05) is 6.42 Å². The third-order valence-corrected chi connectivity index (χ3v) is 4.66. The van der Waals surface area contributed by atoms with Gasteiger partial charge in [0.05, 0.1) is 5.69 Å². The van der Waals surface area contributed by atoms with Gasteiger partial charge in [-0.25, -0.2) is 4.79 Å². The Labute approximate surface area is 118 Å². The molecule has 2 fully saturated rings. The number of rotatable bonds is 3. The summed E-state index contributed by atoms with van der Waals surface area (Å²) in [6.07, 6.45) is 6.90. The summed E-state index contributed by atoms with van der Waals surface area (Å²) in [5.74, 6) is 1.76. The molecule has 2 atom stereocenters. The molecule has 1 aliphatic heterocycles. The summed E-state index contributed by atoms with van der Waals surface area (Å²) in [5.41, 5.74) is 1.83. The minimum absolute atomic E-state index is 0.807. The summed E-state index contributed by atoms with van der Waals surface area (Å²) in [5, 5.41) is 13.3. The molecule has 0 amide bonds. The Morgan fingerprint density at radius 1 is 1.35 bits per heavy atom. The Morgan fingerprint density at radius 2 is 2.00 bits per heavy atom. The minimum atomic E-state index is -0.919. The molecule has 1 aromatic heterocycles. The Kier molecular flexibility index (Phi) is 3.28. The van der Waals surface area contributed by atoms with Crippen molar-refractivity contribution in [2.24, 2.45) is 18.9 Å². The van der Waals surface area contributed by atoms with E-state index >= 15 is 0 Å². The molecule has 1 saturated heterocycles. The van der Waals surface area contributed by atoms with E-state index in [1.807, 2.05) is 18.7 Å². The second kappa shape index (κ2) is 4.96. The van der Waals surface area contributed by atoms with E-state index in [4.69, 9.17) is 5.11 Å². The van der Waals surface area contributed by atoms with E-state index in [0.717, 1.165) is 42.0 Å². The van der Waals surface area contributed by atoms with Crippen molar-refractivity contribution in [2.45, 2.75) is 26.2 Å². The van der Waals surface area contributed by atoms with Crippen LogP contribution in [0.25, 0.3) is 6.08 Å². The van der Waals surface area contributed by atoms with E-state index in [-0.39, 0.29) is 0 Å². The lowest BCUT2D eigenvalue weighted by atomic mass is 10.0. The second-order valence-corrected chi connectivity index (χ2v) is 5.97. The zero-order valence-corrected chi connectivity index (χ0v) is 12.0. The van der Waals surface area contributed by atoms with Crippen molar-refractivity contribution in [1.29, 1.82) is 0 Å². The molecule has 0 bridgehead atoms. The van der Waals surface area contributed by atoms with Crippen LogP contribution in [0.1, 0.15) is 30.5 Å². The lowest BCUT2D eigenvalue weighted by molar-refractivity contribution is -0.131. The Morgan fingerprint density at radius 3 is 2.60 bits per heavy atom. The normalized spacial score (nSPS) is 25.6. The number of hydrogen-bond donors (Lipinski definition) is 1. The number of aryl methyl sites for hydroxylation is 2. The predicted molar refractivity (Wildman–Crippen MR) is 77.7 cm³/mol. The van der Waals surface area contributed by atoms with Gasteiger partial charge in [-0.2, -0.15) is 5.10 Å². The molecule has 2 heterocycles. The summed E-state index contributed by atoms with van der Waals surface area (Å²) < 4.78 is 1.89. The number of nitrogens with zero attached hydrogens (tertiary/aromatic N) is 3. The standard InChI is InChI=1S/C15H21N3O2/c1-10-13(6-7-14(19)20)15(17(2)16-10)18-8-11-4-3-5-12(11)9-18/h6-7,11-12H,3-5,8-9H2,1-2H3,(H,19,20)/b7-6+. The molecule has 5 heteroatoms. The van der Waals surface area contributed by atoms with Gasteiger partial charge in [-0.05, 0) is 37.7 Å². The van der Waals surface area contributed by atoms with Gasteiger partial charge >= 0.3 is 5.97 Å². The highest BCUT2D eigenvalue weighted by Gasteiger charge is 2.37. The van der Waals surface area contributed by atoms with Gasteiger partial charge < -0.3 is 10.0 Å². The maximum absolute atomic E-state index is 10.8. The van der Waals surface area contributed by atoms with Crippen LogP contribution in [-0.2, 0) is 11.8 Å². The fourth-order valence-corrected chi connectivity index (χ4v) is 3.80. The molecule has 108 valence electrons. The largest absolute Gasteiger partial charge is 0.478 e. The SMILES string of the molecule is Cc1nn(C)c(N2CC3CCCC3C2)c1/C=C/C(=O)O. The lowest BCUT2D eigenvalue weighted by Crippen LogP contribution is -2.24. The van der Waals surface area contributed by atoms with Crippen molar-refractivity contribution in [2.75, 3.05) is 18.0 Å². The van der Waals surface area contributed by atoms with E-state index in [2.05, 4.69) is 10.00 Å². The second-order valence-electron chi connectivity index (χ2n) is 5.97. The van der Waals surface area contributed by atoms with E-state index in [0.29, 0.717) is 0 Å². The van der Waals surface area contributed by atoms with Crippen LogP contribution in [0.3, 0.4) is 0 Å². The van der Waals surface area contributed by atoms with Crippen LogP contribution in [0, 0.1) is 18.8 Å². The average Bonchev–Trinajstić information content (AvgIpc) is 2.99. The number of carbonyl (C=O) groups is 1. The molecular formula is C15H21N3O2. The van der Waals surface area contributed by atoms with Gasteiger partial charge in [-0.3, -0.25) is 4.68 Å². The molecule has 0 aromatic carbocycles. The Balaban J connectivity index is 1.91. The van der Waals surface area contributed by atoms with Gasteiger partial charge in [0.1, 0.15) is 5.82 Å². The number of aromatic nitrogens is 2. The highest BCUT2D eigenvalue weighted by Crippen LogP contribution is 2.40. The molecule has 2 unspecified atom stereocenters. The van der Waals surface area contributed by atoms with Crippen LogP contribution in [0.2, 0.25) is 0 Å². The fourth-order valence-electron chi connectivity index (χ4n) is 3.80. The molecule has 0 spiro atoms. The zero-order chi connectivity index (χ0) is 14.3. The summed E-state index contributed by atoms with van der Waals surface area (Å²) >= 11 is 0. The van der Waals surface area contributed by atoms with E-state index < -0.39 is 5.97 Å². The van der Waals surface area contributed by atoms with Gasteiger partial charge in [0.25, 0.3) is 0 Å². The number of anilines is 1. The fraction of sp³-hybridized carbons (Fsp3) is 0.600. The van der Waals surface area contributed by atoms with E-state index in [1.165, 1.54) is 25.3 Å². The molecule has 0 radical (unpaired) electrons. The van der Waals surface area contributed by atoms with Crippen molar-refractivity contribution >= 4 is 17.9 Å². The highest BCUT2D eigenvalue weighted by molar-refractivity contribution is 5.87. The van der Waals surface area contributed by atoms with Crippen molar-refractivity contribution in [1.82, 2.24) is 9.78 Å². The maximum atomic E-state index is 10.8. The number of carboxylic acids is 1. The molecule has 20 heavy (non-hydrogen) atoms. The average molecular weight is 275 g/mol. The lowest BCUT2D eigenvalue weighted by Gasteiger charge is -2.20. The molecule has 1 saturated carbocycles. The predicted octanol–water partition coefficient (Wildman–Crippen LogP) is 2.06. The van der Waals surface area contributed by atoms with Crippen molar-refractivity contribution in [3.63, 3.8) is 0 Å². The van der Waals surface area contributed by atoms with Crippen LogP contribution >= 0.6 is 0 Å². The topological polar surface area (TPSA) is 58.4 Å². The van der Waals surface area contributed by atoms with Crippen LogP contribution in [-0.4, -0.2) is 33.9 Å². The molecule has 2 aliphatic rings. The number of aliphatic carboxylic acids is 1. The van der Waals surface area contributed by atoms with Crippen LogP contribution < -0.4 is 4.90 Å². The van der Waals surface area contributed by atoms with Crippen LogP contribution in [0.4, 0.5) is 5.82 Å². The third kappa shape index (κ3) is 2.21. The van der Waals surface area contributed by atoms with Gasteiger partial charge in [-0.15, -0.1) is 0 Å². The van der Waals surface area contributed by atoms with Gasteiger partial charge in [0, 0.05) is 31.8 Å². The molecule has 1 aromatic rings.